The number of aromatic hydroxyl groups is 1. The topological polar surface area (TPSA) is 85.4 Å². The van der Waals surface area contributed by atoms with Gasteiger partial charge < -0.3 is 15.2 Å². The second-order valence-corrected chi connectivity index (χ2v) is 8.77. The van der Waals surface area contributed by atoms with Crippen LogP contribution in [-0.4, -0.2) is 27.2 Å². The molecule has 0 saturated heterocycles. The number of H-pyrrole nitrogens is 1. The van der Waals surface area contributed by atoms with E-state index in [2.05, 4.69) is 9.71 Å². The van der Waals surface area contributed by atoms with Gasteiger partial charge in [0.25, 0.3) is 0 Å². The number of aliphatic carboxylic acids is 1. The van der Waals surface area contributed by atoms with Gasteiger partial charge in [0, 0.05) is 21.8 Å². The fourth-order valence-electron chi connectivity index (χ4n) is 3.92. The van der Waals surface area contributed by atoms with Crippen molar-refractivity contribution in [1.29, 1.82) is 0 Å². The maximum absolute atomic E-state index is 11.5. The molecule has 1 aliphatic carbocycles. The number of phenolic OH excluding ortho intramolecular Hbond substituents is 1. The Balaban J connectivity index is 1.68. The molecule has 152 valence electrons. The van der Waals surface area contributed by atoms with E-state index in [0.717, 1.165) is 21.7 Å². The van der Waals surface area contributed by atoms with Gasteiger partial charge in [0.05, 0.1) is 17.1 Å². The second kappa shape index (κ2) is 8.69. The molecule has 0 bridgehead atoms. The van der Waals surface area contributed by atoms with Crippen molar-refractivity contribution in [3.63, 3.8) is 0 Å². The van der Waals surface area contributed by atoms with Crippen LogP contribution in [-0.2, 0) is 11.2 Å². The smallest absolute Gasteiger partial charge is 0.307 e. The number of phenols is 1. The molecule has 29 heavy (non-hydrogen) atoms. The number of hydrogen-bond donors (Lipinski definition) is 4. The lowest BCUT2D eigenvalue weighted by Crippen LogP contribution is -2.25. The number of aromatic amines is 1. The summed E-state index contributed by atoms with van der Waals surface area (Å²) in [7, 11) is 0. The number of nitrogens with one attached hydrogen (secondary N) is 2. The Morgan fingerprint density at radius 3 is 2.72 bits per heavy atom. The number of hydrogen-bond acceptors (Lipinski definition) is 4. The first-order valence-corrected chi connectivity index (χ1v) is 11.0. The number of rotatable bonds is 6. The van der Waals surface area contributed by atoms with E-state index in [1.165, 1.54) is 44.1 Å². The third-order valence-corrected chi connectivity index (χ3v) is 6.83. The quantitative estimate of drug-likeness (QED) is 0.374. The average molecular weight is 431 g/mol. The first kappa shape index (κ1) is 20.1. The molecule has 2 aromatic carbocycles. The van der Waals surface area contributed by atoms with Crippen LogP contribution >= 0.6 is 23.5 Å². The molecule has 5 nitrogen and oxygen atoms in total. The fraction of sp³-hybridized carbons (Fsp3) is 0.318. The van der Waals surface area contributed by atoms with Crippen LogP contribution in [0.2, 0.25) is 5.02 Å². The van der Waals surface area contributed by atoms with E-state index in [1.54, 1.807) is 18.2 Å². The molecule has 0 amide bonds. The minimum Gasteiger partial charge on any atom is -0.508 e. The number of benzene rings is 2. The van der Waals surface area contributed by atoms with Crippen LogP contribution in [0.25, 0.3) is 22.2 Å². The monoisotopic (exact) mass is 430 g/mol. The number of carboxylic acids is 1. The molecule has 0 aliphatic heterocycles. The summed E-state index contributed by atoms with van der Waals surface area (Å²) in [5.41, 5.74) is 3.05. The first-order valence-electron chi connectivity index (χ1n) is 9.79. The molecular weight excluding hydrogens is 408 g/mol. The number of halogens is 1. The highest BCUT2D eigenvalue weighted by molar-refractivity contribution is 7.97. The molecule has 4 N–H and O–H groups in total. The Morgan fingerprint density at radius 2 is 1.97 bits per heavy atom. The zero-order chi connectivity index (χ0) is 20.4. The molecule has 1 heterocycles. The van der Waals surface area contributed by atoms with Gasteiger partial charge in [-0.25, -0.2) is 0 Å². The third kappa shape index (κ3) is 4.55. The van der Waals surface area contributed by atoms with Gasteiger partial charge in [-0.15, -0.1) is 0 Å². The van der Waals surface area contributed by atoms with E-state index >= 15 is 0 Å². The summed E-state index contributed by atoms with van der Waals surface area (Å²) in [6.07, 6.45) is 6.04. The number of aromatic nitrogens is 1. The van der Waals surface area contributed by atoms with E-state index in [-0.39, 0.29) is 12.2 Å². The summed E-state index contributed by atoms with van der Waals surface area (Å²) < 4.78 is 3.53. The zero-order valence-electron chi connectivity index (χ0n) is 15.9. The second-order valence-electron chi connectivity index (χ2n) is 7.48. The van der Waals surface area contributed by atoms with Gasteiger partial charge in [-0.3, -0.25) is 9.52 Å². The van der Waals surface area contributed by atoms with Gasteiger partial charge in [-0.2, -0.15) is 0 Å². The van der Waals surface area contributed by atoms with Gasteiger partial charge in [-0.1, -0.05) is 36.9 Å². The Kier molecular flexibility index (Phi) is 6.04. The van der Waals surface area contributed by atoms with Crippen molar-refractivity contribution in [3.8, 4) is 17.0 Å². The summed E-state index contributed by atoms with van der Waals surface area (Å²) in [6.45, 7) is 0. The van der Waals surface area contributed by atoms with Crippen molar-refractivity contribution in [1.82, 2.24) is 9.71 Å². The molecular formula is C22H23ClN2O3S. The van der Waals surface area contributed by atoms with E-state index in [4.69, 9.17) is 11.6 Å². The van der Waals surface area contributed by atoms with Gasteiger partial charge in [0.15, 0.2) is 0 Å². The lowest BCUT2D eigenvalue weighted by molar-refractivity contribution is -0.136. The maximum Gasteiger partial charge on any atom is 0.307 e. The molecule has 0 unspecified atom stereocenters. The molecule has 0 atom stereocenters. The molecule has 0 spiro atoms. The number of carboxylic acid groups (broad SMARTS) is 1. The lowest BCUT2D eigenvalue weighted by atomic mass is 9.96. The van der Waals surface area contributed by atoms with Crippen LogP contribution in [0.4, 0.5) is 0 Å². The molecule has 1 saturated carbocycles. The lowest BCUT2D eigenvalue weighted by Gasteiger charge is -2.22. The van der Waals surface area contributed by atoms with Crippen molar-refractivity contribution in [2.75, 3.05) is 0 Å². The van der Waals surface area contributed by atoms with E-state index in [9.17, 15) is 15.0 Å². The minimum atomic E-state index is -0.918. The van der Waals surface area contributed by atoms with Crippen LogP contribution in [0, 0.1) is 0 Å². The van der Waals surface area contributed by atoms with Crippen LogP contribution in [0.15, 0.2) is 41.3 Å². The van der Waals surface area contributed by atoms with Gasteiger partial charge in [-0.05, 0) is 66.2 Å². The minimum absolute atomic E-state index is 0.110. The van der Waals surface area contributed by atoms with Crippen molar-refractivity contribution in [3.05, 3.63) is 47.0 Å². The highest BCUT2D eigenvalue weighted by Crippen LogP contribution is 2.36. The van der Waals surface area contributed by atoms with E-state index in [0.29, 0.717) is 22.0 Å². The first-order chi connectivity index (χ1) is 14.0. The van der Waals surface area contributed by atoms with Crippen molar-refractivity contribution >= 4 is 40.4 Å². The summed E-state index contributed by atoms with van der Waals surface area (Å²) in [4.78, 5) is 15.7. The molecule has 7 heteroatoms. The molecule has 1 aromatic heterocycles. The van der Waals surface area contributed by atoms with Crippen LogP contribution in [0.1, 0.15) is 37.7 Å². The summed E-state index contributed by atoms with van der Waals surface area (Å²) >= 11 is 7.97. The highest BCUT2D eigenvalue weighted by Gasteiger charge is 2.18. The van der Waals surface area contributed by atoms with Gasteiger partial charge in [0.1, 0.15) is 5.75 Å². The highest BCUT2D eigenvalue weighted by atomic mass is 35.5. The summed E-state index contributed by atoms with van der Waals surface area (Å²) in [5, 5.41) is 20.6. The van der Waals surface area contributed by atoms with Crippen LogP contribution in [0.5, 0.6) is 5.75 Å². The van der Waals surface area contributed by atoms with E-state index in [1.807, 2.05) is 18.2 Å². The zero-order valence-corrected chi connectivity index (χ0v) is 17.4. The van der Waals surface area contributed by atoms with E-state index < -0.39 is 5.97 Å². The van der Waals surface area contributed by atoms with Crippen molar-refractivity contribution in [2.24, 2.45) is 0 Å². The Hall–Kier alpha value is -2.15. The molecule has 3 aromatic rings. The summed E-state index contributed by atoms with van der Waals surface area (Å²) in [5.74, 6) is -0.809. The standard InChI is InChI=1S/C22H23ClN2O3S/c23-18-8-6-13(10-20(18)29-25-14-4-2-1-3-5-14)22-17(12-21(27)28)16-11-15(26)7-9-19(16)24-22/h6-11,14,24-26H,1-5,12H2,(H,27,28). The fourth-order valence-corrected chi connectivity index (χ4v) is 5.04. The normalized spacial score (nSPS) is 15.1. The average Bonchev–Trinajstić information content (AvgIpc) is 3.05. The number of carbonyl (C=O) groups is 1. The molecule has 0 radical (unpaired) electrons. The van der Waals surface area contributed by atoms with Crippen LogP contribution < -0.4 is 4.72 Å². The Bertz CT molecular complexity index is 1040. The van der Waals surface area contributed by atoms with Crippen molar-refractivity contribution in [2.45, 2.75) is 49.5 Å². The number of fused-ring (bicyclic) bond motifs is 1. The Morgan fingerprint density at radius 1 is 1.17 bits per heavy atom. The van der Waals surface area contributed by atoms with Crippen molar-refractivity contribution < 1.29 is 15.0 Å². The molecule has 1 fully saturated rings. The van der Waals surface area contributed by atoms with Gasteiger partial charge in [0.2, 0.25) is 0 Å². The predicted octanol–water partition coefficient (Wildman–Crippen LogP) is 5.75. The van der Waals surface area contributed by atoms with Gasteiger partial charge >= 0.3 is 5.97 Å². The molecule has 1 aliphatic rings. The largest absolute Gasteiger partial charge is 0.508 e. The molecule has 4 rings (SSSR count). The SMILES string of the molecule is O=C(O)Cc1c(-c2ccc(Cl)c(SNC3CCCCC3)c2)[nH]c2ccc(O)cc12. The third-order valence-electron chi connectivity index (χ3n) is 5.38. The maximum atomic E-state index is 11.5. The van der Waals surface area contributed by atoms with Crippen LogP contribution in [0.3, 0.4) is 0 Å². The predicted molar refractivity (Wildman–Crippen MR) is 118 cm³/mol. The Labute approximate surface area is 178 Å². The summed E-state index contributed by atoms with van der Waals surface area (Å²) in [6, 6.07) is 11.2.